The van der Waals surface area contributed by atoms with Gasteiger partial charge in [0.25, 0.3) is 0 Å². The standard InChI is InChI=1S/C19H27N3O3S/c1-5-26(23,24)22-13-11-19(12-14-22,15-9-7-6-8-10-15)17-20-16(21-25-17)18(2,3)4/h6-10H,5,11-14H2,1-4H3. The van der Waals surface area contributed by atoms with Gasteiger partial charge in [-0.05, 0) is 25.3 Å². The summed E-state index contributed by atoms with van der Waals surface area (Å²) in [5, 5.41) is 4.20. The van der Waals surface area contributed by atoms with E-state index in [1.807, 2.05) is 39.0 Å². The minimum atomic E-state index is -3.19. The molecule has 0 bridgehead atoms. The molecule has 0 unspecified atom stereocenters. The quantitative estimate of drug-likeness (QED) is 0.818. The summed E-state index contributed by atoms with van der Waals surface area (Å²) in [6.45, 7) is 8.74. The van der Waals surface area contributed by atoms with E-state index in [1.165, 1.54) is 0 Å². The van der Waals surface area contributed by atoms with Gasteiger partial charge in [-0.2, -0.15) is 4.98 Å². The number of aromatic nitrogens is 2. The van der Waals surface area contributed by atoms with Crippen LogP contribution in [0.2, 0.25) is 0 Å². The number of rotatable bonds is 4. The van der Waals surface area contributed by atoms with E-state index in [9.17, 15) is 8.42 Å². The maximum atomic E-state index is 12.2. The van der Waals surface area contributed by atoms with Gasteiger partial charge < -0.3 is 4.52 Å². The summed E-state index contributed by atoms with van der Waals surface area (Å²) < 4.78 is 31.8. The molecule has 0 N–H and O–H groups in total. The second-order valence-corrected chi connectivity index (χ2v) is 10.2. The first kappa shape index (κ1) is 19.0. The van der Waals surface area contributed by atoms with Crippen LogP contribution in [-0.4, -0.2) is 41.7 Å². The molecule has 1 aliphatic heterocycles. The number of sulfonamides is 1. The lowest BCUT2D eigenvalue weighted by atomic mass is 9.73. The summed E-state index contributed by atoms with van der Waals surface area (Å²) in [7, 11) is -3.19. The van der Waals surface area contributed by atoms with Gasteiger partial charge in [0.2, 0.25) is 15.9 Å². The fourth-order valence-corrected chi connectivity index (χ4v) is 4.54. The van der Waals surface area contributed by atoms with E-state index in [4.69, 9.17) is 9.51 Å². The number of hydrogen-bond acceptors (Lipinski definition) is 5. The zero-order valence-electron chi connectivity index (χ0n) is 15.9. The van der Waals surface area contributed by atoms with E-state index in [1.54, 1.807) is 11.2 Å². The van der Waals surface area contributed by atoms with Crippen molar-refractivity contribution >= 4 is 10.0 Å². The van der Waals surface area contributed by atoms with Crippen molar-refractivity contribution in [2.24, 2.45) is 0 Å². The molecule has 1 saturated heterocycles. The first-order chi connectivity index (χ1) is 12.2. The molecule has 0 aliphatic carbocycles. The molecule has 0 radical (unpaired) electrons. The predicted octanol–water partition coefficient (Wildman–Crippen LogP) is 3.10. The summed E-state index contributed by atoms with van der Waals surface area (Å²) in [5.41, 5.74) is 0.446. The average Bonchev–Trinajstić information content (AvgIpc) is 3.13. The van der Waals surface area contributed by atoms with Crippen molar-refractivity contribution in [2.75, 3.05) is 18.8 Å². The van der Waals surface area contributed by atoms with Crippen LogP contribution in [-0.2, 0) is 20.9 Å². The SMILES string of the molecule is CCS(=O)(=O)N1CCC(c2ccccc2)(c2nc(C(C)(C)C)no2)CC1. The molecule has 1 aromatic heterocycles. The first-order valence-electron chi connectivity index (χ1n) is 9.07. The fourth-order valence-electron chi connectivity index (χ4n) is 3.43. The van der Waals surface area contributed by atoms with Crippen molar-refractivity contribution in [1.29, 1.82) is 0 Å². The first-order valence-corrected chi connectivity index (χ1v) is 10.7. The fraction of sp³-hybridized carbons (Fsp3) is 0.579. The summed E-state index contributed by atoms with van der Waals surface area (Å²) in [6, 6.07) is 10.1. The summed E-state index contributed by atoms with van der Waals surface area (Å²) in [6.07, 6.45) is 1.25. The Hall–Kier alpha value is -1.73. The zero-order chi connectivity index (χ0) is 19.0. The van der Waals surface area contributed by atoms with E-state index in [2.05, 4.69) is 17.3 Å². The lowest BCUT2D eigenvalue weighted by Crippen LogP contribution is -2.46. The molecule has 0 atom stereocenters. The van der Waals surface area contributed by atoms with E-state index < -0.39 is 15.4 Å². The third-order valence-electron chi connectivity index (χ3n) is 5.17. The van der Waals surface area contributed by atoms with Crippen LogP contribution in [0.15, 0.2) is 34.9 Å². The normalized spacial score (nSPS) is 18.8. The number of piperidine rings is 1. The Balaban J connectivity index is 2.00. The maximum Gasteiger partial charge on any atom is 0.237 e. The van der Waals surface area contributed by atoms with Crippen molar-refractivity contribution in [3.05, 3.63) is 47.6 Å². The summed E-state index contributed by atoms with van der Waals surface area (Å²) in [4.78, 5) is 4.72. The van der Waals surface area contributed by atoms with Crippen LogP contribution in [0.5, 0.6) is 0 Å². The molecule has 0 spiro atoms. The molecule has 26 heavy (non-hydrogen) atoms. The molecule has 6 nitrogen and oxygen atoms in total. The average molecular weight is 378 g/mol. The van der Waals surface area contributed by atoms with Gasteiger partial charge in [0, 0.05) is 18.5 Å². The van der Waals surface area contributed by atoms with Crippen LogP contribution < -0.4 is 0 Å². The minimum absolute atomic E-state index is 0.125. The number of nitrogens with zero attached hydrogens (tertiary/aromatic N) is 3. The van der Waals surface area contributed by atoms with Crippen LogP contribution in [0.1, 0.15) is 57.8 Å². The molecule has 7 heteroatoms. The molecule has 0 amide bonds. The van der Waals surface area contributed by atoms with Crippen molar-refractivity contribution in [2.45, 2.75) is 51.4 Å². The Labute approximate surface area is 155 Å². The topological polar surface area (TPSA) is 76.3 Å². The summed E-state index contributed by atoms with van der Waals surface area (Å²) >= 11 is 0. The zero-order valence-corrected chi connectivity index (χ0v) is 16.7. The molecule has 2 aromatic rings. The van der Waals surface area contributed by atoms with Crippen molar-refractivity contribution in [3.8, 4) is 0 Å². The highest BCUT2D eigenvalue weighted by atomic mass is 32.2. The Morgan fingerprint density at radius 1 is 1.15 bits per heavy atom. The van der Waals surface area contributed by atoms with Crippen LogP contribution >= 0.6 is 0 Å². The lowest BCUT2D eigenvalue weighted by Gasteiger charge is -2.39. The van der Waals surface area contributed by atoms with Gasteiger partial charge in [-0.15, -0.1) is 0 Å². The van der Waals surface area contributed by atoms with Gasteiger partial charge in [-0.25, -0.2) is 12.7 Å². The second-order valence-electron chi connectivity index (χ2n) is 7.92. The van der Waals surface area contributed by atoms with Gasteiger partial charge in [0.05, 0.1) is 11.2 Å². The molecular weight excluding hydrogens is 350 g/mol. The van der Waals surface area contributed by atoms with E-state index in [0.29, 0.717) is 37.6 Å². The summed E-state index contributed by atoms with van der Waals surface area (Å²) in [5.74, 6) is 1.38. The molecule has 2 heterocycles. The molecule has 142 valence electrons. The van der Waals surface area contributed by atoms with Crippen LogP contribution in [0.3, 0.4) is 0 Å². The number of benzene rings is 1. The van der Waals surface area contributed by atoms with E-state index >= 15 is 0 Å². The largest absolute Gasteiger partial charge is 0.338 e. The van der Waals surface area contributed by atoms with E-state index in [-0.39, 0.29) is 11.2 Å². The predicted molar refractivity (Wildman–Crippen MR) is 100 cm³/mol. The molecule has 1 aromatic carbocycles. The lowest BCUT2D eigenvalue weighted by molar-refractivity contribution is 0.214. The monoisotopic (exact) mass is 377 g/mol. The van der Waals surface area contributed by atoms with Crippen LogP contribution in [0.4, 0.5) is 0 Å². The Kier molecular flexibility index (Phi) is 4.96. The minimum Gasteiger partial charge on any atom is -0.338 e. The van der Waals surface area contributed by atoms with Gasteiger partial charge in [0.1, 0.15) is 0 Å². The molecule has 1 aliphatic rings. The third kappa shape index (κ3) is 3.42. The van der Waals surface area contributed by atoms with Crippen molar-refractivity contribution in [1.82, 2.24) is 14.4 Å². The van der Waals surface area contributed by atoms with Gasteiger partial charge in [-0.3, -0.25) is 0 Å². The highest BCUT2D eigenvalue weighted by Crippen LogP contribution is 2.42. The third-order valence-corrected chi connectivity index (χ3v) is 7.05. The maximum absolute atomic E-state index is 12.2. The highest BCUT2D eigenvalue weighted by molar-refractivity contribution is 7.89. The molecule has 1 fully saturated rings. The molecular formula is C19H27N3O3S. The Morgan fingerprint density at radius 3 is 2.27 bits per heavy atom. The van der Waals surface area contributed by atoms with Crippen molar-refractivity contribution in [3.63, 3.8) is 0 Å². The highest BCUT2D eigenvalue weighted by Gasteiger charge is 2.45. The van der Waals surface area contributed by atoms with E-state index in [0.717, 1.165) is 5.56 Å². The van der Waals surface area contributed by atoms with Gasteiger partial charge in [0.15, 0.2) is 5.82 Å². The van der Waals surface area contributed by atoms with Gasteiger partial charge in [-0.1, -0.05) is 56.3 Å². The van der Waals surface area contributed by atoms with Crippen LogP contribution in [0.25, 0.3) is 0 Å². The smallest absolute Gasteiger partial charge is 0.237 e. The van der Waals surface area contributed by atoms with Crippen LogP contribution in [0, 0.1) is 0 Å². The Morgan fingerprint density at radius 2 is 1.77 bits per heavy atom. The van der Waals surface area contributed by atoms with Crippen molar-refractivity contribution < 1.29 is 12.9 Å². The molecule has 3 rings (SSSR count). The Bertz CT molecular complexity index is 846. The van der Waals surface area contributed by atoms with Gasteiger partial charge >= 0.3 is 0 Å². The second kappa shape index (κ2) is 6.78. The molecule has 0 saturated carbocycles. The number of hydrogen-bond donors (Lipinski definition) is 0.